The molecule has 0 bridgehead atoms. The van der Waals surface area contributed by atoms with Crippen LogP contribution in [-0.4, -0.2) is 44.7 Å². The number of rotatable bonds is 7. The minimum absolute atomic E-state index is 0.00913. The maximum atomic E-state index is 12.2. The number of aromatic nitrogens is 1. The van der Waals surface area contributed by atoms with Gasteiger partial charge >= 0.3 is 0 Å². The second-order valence-electron chi connectivity index (χ2n) is 7.25. The van der Waals surface area contributed by atoms with Crippen LogP contribution < -0.4 is 9.46 Å². The van der Waals surface area contributed by atoms with E-state index in [1.807, 2.05) is 37.3 Å². The monoisotopic (exact) mass is 392 g/mol. The van der Waals surface area contributed by atoms with Crippen LogP contribution >= 0.6 is 0 Å². The van der Waals surface area contributed by atoms with E-state index >= 15 is 0 Å². The van der Waals surface area contributed by atoms with Crippen molar-refractivity contribution in [3.8, 4) is 17.0 Å². The Morgan fingerprint density at radius 2 is 2.00 bits per heavy atom. The molecule has 2 heterocycles. The first-order valence-electron chi connectivity index (χ1n) is 9.27. The lowest BCUT2D eigenvalue weighted by molar-refractivity contribution is 0.0186. The molecule has 1 N–H and O–H groups in total. The van der Waals surface area contributed by atoms with Crippen LogP contribution in [-0.2, 0) is 14.8 Å². The van der Waals surface area contributed by atoms with Crippen LogP contribution in [0.5, 0.6) is 5.75 Å². The summed E-state index contributed by atoms with van der Waals surface area (Å²) in [5.74, 6) is 1.49. The van der Waals surface area contributed by atoms with Crippen molar-refractivity contribution in [2.75, 3.05) is 19.8 Å². The summed E-state index contributed by atoms with van der Waals surface area (Å²) < 4.78 is 43.9. The molecule has 1 aromatic heterocycles. The molecule has 1 aliphatic heterocycles. The Bertz CT molecular complexity index is 874. The van der Waals surface area contributed by atoms with Crippen molar-refractivity contribution in [3.05, 3.63) is 36.1 Å². The number of nitrogens with zero attached hydrogens (tertiary/aromatic N) is 1. The van der Waals surface area contributed by atoms with Crippen molar-refractivity contribution < 1.29 is 22.4 Å². The van der Waals surface area contributed by atoms with Crippen LogP contribution in [0.25, 0.3) is 11.3 Å². The van der Waals surface area contributed by atoms with E-state index < -0.39 is 10.0 Å². The summed E-state index contributed by atoms with van der Waals surface area (Å²) in [6.07, 6.45) is 2.19. The maximum absolute atomic E-state index is 12.2. The SMILES string of the molecule is Cc1cc(-c2ccc(OCC3COCCC3NS(=O)(=O)C3CC3)cc2)no1. The molecule has 146 valence electrons. The second kappa shape index (κ2) is 7.61. The normalized spacial score (nSPS) is 23.3. The third-order valence-corrected chi connectivity index (χ3v) is 6.98. The molecule has 1 saturated carbocycles. The minimum Gasteiger partial charge on any atom is -0.493 e. The fourth-order valence-corrected chi connectivity index (χ4v) is 4.91. The molecule has 1 aromatic carbocycles. The quantitative estimate of drug-likeness (QED) is 0.779. The van der Waals surface area contributed by atoms with Gasteiger partial charge in [-0.1, -0.05) is 5.16 Å². The molecule has 8 heteroatoms. The van der Waals surface area contributed by atoms with E-state index in [-0.39, 0.29) is 17.2 Å². The zero-order valence-electron chi connectivity index (χ0n) is 15.3. The Morgan fingerprint density at radius 3 is 2.67 bits per heavy atom. The van der Waals surface area contributed by atoms with Gasteiger partial charge in [0.15, 0.2) is 0 Å². The lowest BCUT2D eigenvalue weighted by atomic mass is 9.98. The summed E-state index contributed by atoms with van der Waals surface area (Å²) in [6.45, 7) is 3.32. The summed E-state index contributed by atoms with van der Waals surface area (Å²) in [4.78, 5) is 0. The van der Waals surface area contributed by atoms with Gasteiger partial charge in [-0.15, -0.1) is 0 Å². The molecule has 2 atom stereocenters. The zero-order valence-corrected chi connectivity index (χ0v) is 16.1. The summed E-state index contributed by atoms with van der Waals surface area (Å²) in [5, 5.41) is 3.79. The van der Waals surface area contributed by atoms with Crippen LogP contribution in [0.15, 0.2) is 34.9 Å². The number of benzene rings is 1. The molecule has 0 radical (unpaired) electrons. The van der Waals surface area contributed by atoms with E-state index in [0.29, 0.717) is 26.2 Å². The van der Waals surface area contributed by atoms with Crippen LogP contribution in [0.1, 0.15) is 25.0 Å². The van der Waals surface area contributed by atoms with Gasteiger partial charge in [0.05, 0.1) is 18.5 Å². The molecule has 4 rings (SSSR count). The Hall–Kier alpha value is -1.90. The van der Waals surface area contributed by atoms with Crippen LogP contribution in [0.2, 0.25) is 0 Å². The minimum atomic E-state index is -3.21. The highest BCUT2D eigenvalue weighted by Crippen LogP contribution is 2.29. The van der Waals surface area contributed by atoms with Gasteiger partial charge < -0.3 is 14.0 Å². The fraction of sp³-hybridized carbons (Fsp3) is 0.526. The van der Waals surface area contributed by atoms with Gasteiger partial charge in [0.25, 0.3) is 0 Å². The molecule has 1 saturated heterocycles. The molecule has 7 nitrogen and oxygen atoms in total. The van der Waals surface area contributed by atoms with Gasteiger partial charge in [0.1, 0.15) is 17.2 Å². The number of hydrogen-bond acceptors (Lipinski definition) is 6. The number of hydrogen-bond donors (Lipinski definition) is 1. The predicted molar refractivity (Wildman–Crippen MR) is 100.0 cm³/mol. The second-order valence-corrected chi connectivity index (χ2v) is 9.24. The topological polar surface area (TPSA) is 90.7 Å². The molecule has 0 spiro atoms. The molecular formula is C19H24N2O5S. The smallest absolute Gasteiger partial charge is 0.214 e. The Morgan fingerprint density at radius 1 is 1.22 bits per heavy atom. The van der Waals surface area contributed by atoms with Crippen molar-refractivity contribution in [2.45, 2.75) is 37.5 Å². The zero-order chi connectivity index (χ0) is 18.9. The molecule has 2 aromatic rings. The summed E-state index contributed by atoms with van der Waals surface area (Å²) >= 11 is 0. The predicted octanol–water partition coefficient (Wildman–Crippen LogP) is 2.52. The molecule has 2 unspecified atom stereocenters. The molecule has 2 aliphatic rings. The van der Waals surface area contributed by atoms with E-state index in [9.17, 15) is 8.42 Å². The van der Waals surface area contributed by atoms with Crippen molar-refractivity contribution in [1.82, 2.24) is 9.88 Å². The third kappa shape index (κ3) is 4.51. The Labute approximate surface area is 159 Å². The third-order valence-electron chi connectivity index (χ3n) is 5.00. The van der Waals surface area contributed by atoms with E-state index in [4.69, 9.17) is 14.0 Å². The van der Waals surface area contributed by atoms with Gasteiger partial charge in [-0.05, 0) is 50.5 Å². The molecular weight excluding hydrogens is 368 g/mol. The average molecular weight is 392 g/mol. The fourth-order valence-electron chi connectivity index (χ4n) is 3.23. The lowest BCUT2D eigenvalue weighted by Crippen LogP contribution is -2.48. The van der Waals surface area contributed by atoms with Crippen LogP contribution in [0.3, 0.4) is 0 Å². The first kappa shape index (κ1) is 18.5. The number of ether oxygens (including phenoxy) is 2. The van der Waals surface area contributed by atoms with Gasteiger partial charge in [-0.25, -0.2) is 13.1 Å². The number of nitrogens with one attached hydrogen (secondary N) is 1. The average Bonchev–Trinajstić information content (AvgIpc) is 3.44. The van der Waals surface area contributed by atoms with Crippen LogP contribution in [0, 0.1) is 12.8 Å². The van der Waals surface area contributed by atoms with Gasteiger partial charge in [0.2, 0.25) is 10.0 Å². The lowest BCUT2D eigenvalue weighted by Gasteiger charge is -2.31. The summed E-state index contributed by atoms with van der Waals surface area (Å²) in [5.41, 5.74) is 1.74. The van der Waals surface area contributed by atoms with Crippen molar-refractivity contribution in [1.29, 1.82) is 0 Å². The largest absolute Gasteiger partial charge is 0.493 e. The first-order valence-corrected chi connectivity index (χ1v) is 10.8. The maximum Gasteiger partial charge on any atom is 0.214 e. The van der Waals surface area contributed by atoms with Gasteiger partial charge in [-0.3, -0.25) is 0 Å². The summed E-state index contributed by atoms with van der Waals surface area (Å²) in [7, 11) is -3.21. The molecule has 27 heavy (non-hydrogen) atoms. The first-order chi connectivity index (χ1) is 13.0. The highest BCUT2D eigenvalue weighted by molar-refractivity contribution is 7.90. The van der Waals surface area contributed by atoms with Crippen molar-refractivity contribution in [2.24, 2.45) is 5.92 Å². The Balaban J connectivity index is 1.36. The van der Waals surface area contributed by atoms with E-state index in [2.05, 4.69) is 9.88 Å². The van der Waals surface area contributed by atoms with Crippen molar-refractivity contribution in [3.63, 3.8) is 0 Å². The van der Waals surface area contributed by atoms with E-state index in [0.717, 1.165) is 35.6 Å². The van der Waals surface area contributed by atoms with E-state index in [1.54, 1.807) is 0 Å². The standard InChI is InChI=1S/C19H24N2O5S/c1-13-10-19(20-26-13)14-2-4-16(5-3-14)25-12-15-11-24-9-8-18(15)21-27(22,23)17-6-7-17/h2-5,10,15,17-18,21H,6-9,11-12H2,1H3. The highest BCUT2D eigenvalue weighted by atomic mass is 32.2. The van der Waals surface area contributed by atoms with Crippen molar-refractivity contribution >= 4 is 10.0 Å². The summed E-state index contributed by atoms with van der Waals surface area (Å²) in [6, 6.07) is 9.36. The van der Waals surface area contributed by atoms with Gasteiger partial charge in [-0.2, -0.15) is 0 Å². The molecule has 1 aliphatic carbocycles. The highest BCUT2D eigenvalue weighted by Gasteiger charge is 2.39. The number of sulfonamides is 1. The van der Waals surface area contributed by atoms with E-state index in [1.165, 1.54) is 0 Å². The van der Waals surface area contributed by atoms with Crippen LogP contribution in [0.4, 0.5) is 0 Å². The molecule has 2 fully saturated rings. The van der Waals surface area contributed by atoms with Gasteiger partial charge in [0, 0.05) is 30.2 Å². The molecule has 0 amide bonds. The Kier molecular flexibility index (Phi) is 5.21. The number of aryl methyl sites for hydroxylation is 1.